The summed E-state index contributed by atoms with van der Waals surface area (Å²) in [7, 11) is -3.68. The number of thiocarbonyl (C=S) groups is 1. The lowest BCUT2D eigenvalue weighted by Gasteiger charge is -2.10. The second-order valence-electron chi connectivity index (χ2n) is 4.58. The molecular weight excluding hydrogens is 322 g/mol. The molecule has 0 radical (unpaired) electrons. The monoisotopic (exact) mass is 339 g/mol. The van der Waals surface area contributed by atoms with Gasteiger partial charge >= 0.3 is 0 Å². The second kappa shape index (κ2) is 6.86. The number of hydrogen-bond acceptors (Lipinski definition) is 4. The minimum Gasteiger partial charge on any atom is -0.358 e. The number of primary sulfonamides is 1. The molecule has 0 bridgehead atoms. The van der Waals surface area contributed by atoms with Crippen molar-refractivity contribution >= 4 is 33.0 Å². The van der Waals surface area contributed by atoms with Gasteiger partial charge < -0.3 is 10.6 Å². The smallest absolute Gasteiger partial charge is 0.238 e. The molecule has 22 heavy (non-hydrogen) atoms. The van der Waals surface area contributed by atoms with Crippen molar-refractivity contribution in [3.63, 3.8) is 0 Å². The Bertz CT molecular complexity index is 753. The second-order valence-corrected chi connectivity index (χ2v) is 6.55. The van der Waals surface area contributed by atoms with Crippen LogP contribution in [0.2, 0.25) is 0 Å². The average molecular weight is 339 g/mol. The molecule has 1 aromatic carbocycles. The van der Waals surface area contributed by atoms with Gasteiger partial charge in [-0.15, -0.1) is 0 Å². The molecule has 0 fully saturated rings. The third-order valence-corrected chi connectivity index (χ3v) is 4.08. The highest BCUT2D eigenvalue weighted by Crippen LogP contribution is 2.12. The van der Waals surface area contributed by atoms with Crippen molar-refractivity contribution in [3.05, 3.63) is 42.2 Å². The summed E-state index contributed by atoms with van der Waals surface area (Å²) in [6.45, 7) is 3.39. The van der Waals surface area contributed by atoms with Gasteiger partial charge in [-0.1, -0.05) is 0 Å². The predicted molar refractivity (Wildman–Crippen MR) is 88.8 cm³/mol. The molecule has 0 amide bonds. The Hall–Kier alpha value is -1.97. The van der Waals surface area contributed by atoms with Crippen LogP contribution < -0.4 is 15.8 Å². The Morgan fingerprint density at radius 3 is 2.59 bits per heavy atom. The van der Waals surface area contributed by atoms with Crippen LogP contribution in [0.1, 0.15) is 12.5 Å². The van der Waals surface area contributed by atoms with E-state index in [1.807, 2.05) is 17.8 Å². The largest absolute Gasteiger partial charge is 0.358 e. The van der Waals surface area contributed by atoms with E-state index < -0.39 is 10.0 Å². The Balaban J connectivity index is 1.89. The fourth-order valence-corrected chi connectivity index (χ4v) is 2.46. The summed E-state index contributed by atoms with van der Waals surface area (Å²) >= 11 is 5.18. The zero-order valence-electron chi connectivity index (χ0n) is 12.0. The van der Waals surface area contributed by atoms with Crippen LogP contribution in [0, 0.1) is 0 Å². The fourth-order valence-electron chi connectivity index (χ4n) is 1.76. The van der Waals surface area contributed by atoms with Crippen molar-refractivity contribution in [2.45, 2.75) is 24.9 Å². The van der Waals surface area contributed by atoms with Gasteiger partial charge in [-0.05, 0) is 43.4 Å². The molecule has 0 unspecified atom stereocenters. The third-order valence-electron chi connectivity index (χ3n) is 2.90. The summed E-state index contributed by atoms with van der Waals surface area (Å²) in [5.74, 6) is 0. The third kappa shape index (κ3) is 4.52. The van der Waals surface area contributed by atoms with E-state index >= 15 is 0 Å². The summed E-state index contributed by atoms with van der Waals surface area (Å²) in [4.78, 5) is 0.0592. The number of nitrogens with one attached hydrogen (secondary N) is 2. The van der Waals surface area contributed by atoms with Crippen molar-refractivity contribution in [2.75, 3.05) is 5.32 Å². The fraction of sp³-hybridized carbons (Fsp3) is 0.231. The normalized spacial score (nSPS) is 11.2. The van der Waals surface area contributed by atoms with Gasteiger partial charge in [0.1, 0.15) is 0 Å². The number of anilines is 1. The van der Waals surface area contributed by atoms with Gasteiger partial charge in [0, 0.05) is 30.5 Å². The molecule has 4 N–H and O–H groups in total. The van der Waals surface area contributed by atoms with Gasteiger partial charge in [0.15, 0.2) is 5.11 Å². The maximum atomic E-state index is 11.2. The molecule has 0 spiro atoms. The van der Waals surface area contributed by atoms with E-state index in [4.69, 9.17) is 17.4 Å². The summed E-state index contributed by atoms with van der Waals surface area (Å²) in [5, 5.41) is 15.7. The first-order valence-electron chi connectivity index (χ1n) is 6.57. The van der Waals surface area contributed by atoms with Gasteiger partial charge in [-0.2, -0.15) is 5.10 Å². The maximum absolute atomic E-state index is 11.2. The molecule has 0 aliphatic heterocycles. The number of benzene rings is 1. The lowest BCUT2D eigenvalue weighted by molar-refractivity contribution is 0.598. The van der Waals surface area contributed by atoms with E-state index in [9.17, 15) is 8.42 Å². The molecular formula is C13H17N5O2S2. The predicted octanol–water partition coefficient (Wildman–Crippen LogP) is 1.04. The summed E-state index contributed by atoms with van der Waals surface area (Å²) < 4.78 is 24.2. The minimum atomic E-state index is -3.68. The molecule has 0 aliphatic rings. The highest BCUT2D eigenvalue weighted by Gasteiger charge is 2.07. The summed E-state index contributed by atoms with van der Waals surface area (Å²) in [6, 6.07) is 6.04. The van der Waals surface area contributed by atoms with Crippen molar-refractivity contribution < 1.29 is 8.42 Å². The Morgan fingerprint density at radius 2 is 2.05 bits per heavy atom. The molecule has 2 rings (SSSR count). The van der Waals surface area contributed by atoms with Gasteiger partial charge in [-0.3, -0.25) is 4.68 Å². The number of aromatic nitrogens is 2. The van der Waals surface area contributed by atoms with Crippen molar-refractivity contribution in [3.8, 4) is 0 Å². The number of nitrogens with zero attached hydrogens (tertiary/aromatic N) is 2. The number of aryl methyl sites for hydroxylation is 1. The van der Waals surface area contributed by atoms with Gasteiger partial charge in [0.2, 0.25) is 10.0 Å². The van der Waals surface area contributed by atoms with E-state index in [-0.39, 0.29) is 4.90 Å². The Kier molecular flexibility index (Phi) is 5.11. The SMILES string of the molecule is CCn1cc(CNC(=S)Nc2ccc(S(N)(=O)=O)cc2)cn1. The van der Waals surface area contributed by atoms with Crippen LogP contribution in [0.3, 0.4) is 0 Å². The van der Waals surface area contributed by atoms with Crippen LogP contribution in [0.25, 0.3) is 0 Å². The number of sulfonamides is 1. The number of rotatable bonds is 5. The molecule has 9 heteroatoms. The molecule has 0 saturated heterocycles. The summed E-state index contributed by atoms with van der Waals surface area (Å²) in [6.07, 6.45) is 3.72. The van der Waals surface area contributed by atoms with E-state index in [1.165, 1.54) is 12.1 Å². The van der Waals surface area contributed by atoms with Gasteiger partial charge in [0.05, 0.1) is 11.1 Å². The molecule has 0 aliphatic carbocycles. The van der Waals surface area contributed by atoms with Crippen molar-refractivity contribution in [2.24, 2.45) is 5.14 Å². The highest BCUT2D eigenvalue weighted by atomic mass is 32.2. The van der Waals surface area contributed by atoms with E-state index in [1.54, 1.807) is 18.3 Å². The maximum Gasteiger partial charge on any atom is 0.238 e. The first-order chi connectivity index (χ1) is 10.4. The topological polar surface area (TPSA) is 102 Å². The van der Waals surface area contributed by atoms with Crippen LogP contribution >= 0.6 is 12.2 Å². The molecule has 0 saturated carbocycles. The van der Waals surface area contributed by atoms with Crippen molar-refractivity contribution in [1.29, 1.82) is 0 Å². The zero-order valence-corrected chi connectivity index (χ0v) is 13.6. The van der Waals surface area contributed by atoms with Crippen molar-refractivity contribution in [1.82, 2.24) is 15.1 Å². The van der Waals surface area contributed by atoms with E-state index in [0.717, 1.165) is 12.1 Å². The van der Waals surface area contributed by atoms with Crippen LogP contribution in [0.4, 0.5) is 5.69 Å². The standard InChI is InChI=1S/C13H17N5O2S2/c1-2-18-9-10(8-16-18)7-15-13(21)17-11-3-5-12(6-4-11)22(14,19)20/h3-6,8-9H,2,7H2,1H3,(H2,14,19,20)(H2,15,17,21). The Labute approximate surface area is 134 Å². The molecule has 1 heterocycles. The molecule has 1 aromatic heterocycles. The first-order valence-corrected chi connectivity index (χ1v) is 8.53. The van der Waals surface area contributed by atoms with E-state index in [0.29, 0.717) is 17.3 Å². The van der Waals surface area contributed by atoms with Crippen LogP contribution in [0.15, 0.2) is 41.6 Å². The van der Waals surface area contributed by atoms with Crippen LogP contribution in [0.5, 0.6) is 0 Å². The van der Waals surface area contributed by atoms with Crippen LogP contribution in [-0.2, 0) is 23.1 Å². The summed E-state index contributed by atoms with van der Waals surface area (Å²) in [5.41, 5.74) is 1.70. The number of hydrogen-bond donors (Lipinski definition) is 3. The van der Waals surface area contributed by atoms with Gasteiger partial charge in [-0.25, -0.2) is 13.6 Å². The molecule has 0 atom stereocenters. The minimum absolute atomic E-state index is 0.0592. The Morgan fingerprint density at radius 1 is 1.36 bits per heavy atom. The zero-order chi connectivity index (χ0) is 16.2. The first kappa shape index (κ1) is 16.4. The lowest BCUT2D eigenvalue weighted by Crippen LogP contribution is -2.27. The average Bonchev–Trinajstić information content (AvgIpc) is 2.93. The number of nitrogens with two attached hydrogens (primary N) is 1. The molecule has 118 valence electrons. The highest BCUT2D eigenvalue weighted by molar-refractivity contribution is 7.89. The quantitative estimate of drug-likeness (QED) is 0.704. The van der Waals surface area contributed by atoms with E-state index in [2.05, 4.69) is 15.7 Å². The van der Waals surface area contributed by atoms with Gasteiger partial charge in [0.25, 0.3) is 0 Å². The molecule has 2 aromatic rings. The molecule has 7 nitrogen and oxygen atoms in total. The van der Waals surface area contributed by atoms with Crippen LogP contribution in [-0.4, -0.2) is 23.3 Å². The lowest BCUT2D eigenvalue weighted by atomic mass is 10.3.